The van der Waals surface area contributed by atoms with Crippen molar-refractivity contribution in [1.82, 2.24) is 0 Å². The Kier molecular flexibility index (Phi) is 7.80. The average molecular weight is 407 g/mol. The quantitative estimate of drug-likeness (QED) is 0.448. The van der Waals surface area contributed by atoms with Crippen LogP contribution in [0.25, 0.3) is 0 Å². The lowest BCUT2D eigenvalue weighted by Gasteiger charge is -2.59. The van der Waals surface area contributed by atoms with Crippen molar-refractivity contribution in [2.45, 2.75) is 105 Å². The van der Waals surface area contributed by atoms with Crippen LogP contribution in [-0.2, 0) is 0 Å². The molecule has 3 rings (SSSR count). The average Bonchev–Trinajstić information content (AvgIpc) is 3.01. The van der Waals surface area contributed by atoms with E-state index in [1.165, 1.54) is 57.8 Å². The molecule has 0 saturated heterocycles. The van der Waals surface area contributed by atoms with Crippen LogP contribution in [0.5, 0.6) is 0 Å². The Labute approximate surface area is 181 Å². The fourth-order valence-corrected chi connectivity index (χ4v) is 8.82. The highest BCUT2D eigenvalue weighted by molar-refractivity contribution is 5.08. The van der Waals surface area contributed by atoms with Gasteiger partial charge in [0.05, 0.1) is 0 Å². The van der Waals surface area contributed by atoms with E-state index in [9.17, 15) is 10.2 Å². The fourth-order valence-electron chi connectivity index (χ4n) is 8.82. The third-order valence-corrected chi connectivity index (χ3v) is 10.4. The molecule has 8 unspecified atom stereocenters. The van der Waals surface area contributed by atoms with Gasteiger partial charge in [0.2, 0.25) is 0 Å². The number of hydrogen-bond donors (Lipinski definition) is 2. The molecule has 0 aromatic rings. The highest BCUT2D eigenvalue weighted by atomic mass is 16.3. The Bertz CT molecular complexity index is 517. The van der Waals surface area contributed by atoms with Crippen molar-refractivity contribution >= 4 is 0 Å². The number of fused-ring (bicyclic) bond motifs is 3. The van der Waals surface area contributed by atoms with E-state index in [4.69, 9.17) is 0 Å². The van der Waals surface area contributed by atoms with Gasteiger partial charge in [-0.1, -0.05) is 53.9 Å². The van der Waals surface area contributed by atoms with E-state index < -0.39 is 0 Å². The van der Waals surface area contributed by atoms with Gasteiger partial charge >= 0.3 is 0 Å². The second-order valence-electron chi connectivity index (χ2n) is 12.2. The lowest BCUT2D eigenvalue weighted by molar-refractivity contribution is -0.111. The number of aliphatic hydroxyl groups is 2. The topological polar surface area (TPSA) is 40.5 Å². The van der Waals surface area contributed by atoms with Crippen LogP contribution in [0, 0.1) is 52.3 Å². The van der Waals surface area contributed by atoms with Gasteiger partial charge in [-0.05, 0) is 104 Å². The predicted molar refractivity (Wildman–Crippen MR) is 123 cm³/mol. The molecule has 2 N–H and O–H groups in total. The van der Waals surface area contributed by atoms with Crippen LogP contribution >= 0.6 is 0 Å². The Balaban J connectivity index is 1.73. The maximum absolute atomic E-state index is 9.87. The highest BCUT2D eigenvalue weighted by Crippen LogP contribution is 2.67. The van der Waals surface area contributed by atoms with Gasteiger partial charge in [0.1, 0.15) is 0 Å². The molecule has 0 aliphatic heterocycles. The number of hydrogen-bond acceptors (Lipinski definition) is 2. The molecule has 0 amide bonds. The van der Waals surface area contributed by atoms with Crippen LogP contribution in [0.3, 0.4) is 0 Å². The SMILES string of the molecule is CC(C)CCCC(C)C1CCC2C3CCC(CCO)C(C)(CCO)C3CCC12C. The van der Waals surface area contributed by atoms with Gasteiger partial charge in [-0.15, -0.1) is 0 Å². The summed E-state index contributed by atoms with van der Waals surface area (Å²) in [6.45, 7) is 13.0. The fraction of sp³-hybridized carbons (Fsp3) is 1.00. The van der Waals surface area contributed by atoms with Crippen LogP contribution < -0.4 is 0 Å². The Morgan fingerprint density at radius 3 is 2.28 bits per heavy atom. The molecule has 3 aliphatic rings. The molecular formula is C27H50O2. The molecule has 0 aromatic carbocycles. The van der Waals surface area contributed by atoms with Gasteiger partial charge in [-0.2, -0.15) is 0 Å². The number of rotatable bonds is 9. The number of aliphatic hydroxyl groups excluding tert-OH is 2. The summed E-state index contributed by atoms with van der Waals surface area (Å²) in [5.74, 6) is 5.73. The third kappa shape index (κ3) is 4.45. The molecule has 3 fully saturated rings. The summed E-state index contributed by atoms with van der Waals surface area (Å²) in [4.78, 5) is 0. The lowest BCUT2D eigenvalue weighted by Crippen LogP contribution is -2.52. The van der Waals surface area contributed by atoms with E-state index in [0.29, 0.717) is 24.5 Å². The predicted octanol–water partition coefficient (Wildman–Crippen LogP) is 6.69. The zero-order valence-corrected chi connectivity index (χ0v) is 20.1. The minimum Gasteiger partial charge on any atom is -0.396 e. The van der Waals surface area contributed by atoms with Crippen LogP contribution in [0.2, 0.25) is 0 Å². The molecule has 0 radical (unpaired) electrons. The summed E-state index contributed by atoms with van der Waals surface area (Å²) in [7, 11) is 0. The Morgan fingerprint density at radius 1 is 0.862 bits per heavy atom. The van der Waals surface area contributed by atoms with E-state index in [1.807, 2.05) is 0 Å². The van der Waals surface area contributed by atoms with E-state index in [2.05, 4.69) is 34.6 Å². The summed E-state index contributed by atoms with van der Waals surface area (Å²) >= 11 is 0. The molecule has 0 spiro atoms. The molecule has 2 heteroatoms. The van der Waals surface area contributed by atoms with Crippen LogP contribution in [0.15, 0.2) is 0 Å². The first kappa shape index (κ1) is 23.6. The zero-order valence-electron chi connectivity index (χ0n) is 20.1. The van der Waals surface area contributed by atoms with Crippen LogP contribution in [-0.4, -0.2) is 23.4 Å². The maximum Gasteiger partial charge on any atom is 0.0436 e. The molecule has 2 nitrogen and oxygen atoms in total. The molecule has 0 aromatic heterocycles. The Morgan fingerprint density at radius 2 is 1.62 bits per heavy atom. The second kappa shape index (κ2) is 9.60. The lowest BCUT2D eigenvalue weighted by atomic mass is 9.45. The van der Waals surface area contributed by atoms with E-state index in [0.717, 1.165) is 48.3 Å². The van der Waals surface area contributed by atoms with E-state index in [1.54, 1.807) is 0 Å². The highest BCUT2D eigenvalue weighted by Gasteiger charge is 2.59. The molecule has 0 heterocycles. The van der Waals surface area contributed by atoms with Gasteiger partial charge in [0.15, 0.2) is 0 Å². The largest absolute Gasteiger partial charge is 0.396 e. The van der Waals surface area contributed by atoms with Crippen molar-refractivity contribution in [2.24, 2.45) is 52.3 Å². The summed E-state index contributed by atoms with van der Waals surface area (Å²) < 4.78 is 0. The first-order chi connectivity index (χ1) is 13.8. The van der Waals surface area contributed by atoms with Crippen molar-refractivity contribution in [3.8, 4) is 0 Å². The summed E-state index contributed by atoms with van der Waals surface area (Å²) in [5, 5.41) is 19.5. The molecule has 3 saturated carbocycles. The third-order valence-electron chi connectivity index (χ3n) is 10.4. The van der Waals surface area contributed by atoms with Crippen molar-refractivity contribution in [2.75, 3.05) is 13.2 Å². The molecule has 8 atom stereocenters. The maximum atomic E-state index is 9.87. The standard InChI is InChI=1S/C27H50O2/c1-19(2)7-6-8-20(3)23-11-12-24-22-10-9-21(14-17-28)26(4,16-18-29)25(22)13-15-27(23,24)5/h19-25,28-29H,6-18H2,1-5H3. The van der Waals surface area contributed by atoms with Gasteiger partial charge in [-0.25, -0.2) is 0 Å². The molecule has 3 aliphatic carbocycles. The zero-order chi connectivity index (χ0) is 21.2. The Hall–Kier alpha value is -0.0800. The van der Waals surface area contributed by atoms with Gasteiger partial charge in [-0.3, -0.25) is 0 Å². The second-order valence-corrected chi connectivity index (χ2v) is 12.2. The minimum absolute atomic E-state index is 0.225. The van der Waals surface area contributed by atoms with Gasteiger partial charge < -0.3 is 10.2 Å². The first-order valence-corrected chi connectivity index (χ1v) is 13.0. The molecule has 170 valence electrons. The van der Waals surface area contributed by atoms with Gasteiger partial charge in [0.25, 0.3) is 0 Å². The van der Waals surface area contributed by atoms with Crippen LogP contribution in [0.1, 0.15) is 105 Å². The minimum atomic E-state index is 0.225. The first-order valence-electron chi connectivity index (χ1n) is 13.0. The normalized spacial score (nSPS) is 43.2. The van der Waals surface area contributed by atoms with Gasteiger partial charge in [0, 0.05) is 13.2 Å². The smallest absolute Gasteiger partial charge is 0.0436 e. The monoisotopic (exact) mass is 406 g/mol. The summed E-state index contributed by atoms with van der Waals surface area (Å²) in [5.41, 5.74) is 0.769. The van der Waals surface area contributed by atoms with E-state index in [-0.39, 0.29) is 5.41 Å². The molecule has 29 heavy (non-hydrogen) atoms. The van der Waals surface area contributed by atoms with Crippen molar-refractivity contribution < 1.29 is 10.2 Å². The van der Waals surface area contributed by atoms with Crippen molar-refractivity contribution in [3.63, 3.8) is 0 Å². The van der Waals surface area contributed by atoms with Crippen molar-refractivity contribution in [3.05, 3.63) is 0 Å². The summed E-state index contributed by atoms with van der Waals surface area (Å²) in [6.07, 6.45) is 14.3. The summed E-state index contributed by atoms with van der Waals surface area (Å²) in [6, 6.07) is 0. The molecular weight excluding hydrogens is 356 g/mol. The van der Waals surface area contributed by atoms with E-state index >= 15 is 0 Å². The van der Waals surface area contributed by atoms with Crippen LogP contribution in [0.4, 0.5) is 0 Å². The molecule has 0 bridgehead atoms. The van der Waals surface area contributed by atoms with Crippen molar-refractivity contribution in [1.29, 1.82) is 0 Å².